The Morgan fingerprint density at radius 2 is 2.00 bits per heavy atom. The maximum Gasteiger partial charge on any atom is 0.130 e. The summed E-state index contributed by atoms with van der Waals surface area (Å²) in [6.07, 6.45) is 1.39. The van der Waals surface area contributed by atoms with Crippen LogP contribution in [-0.2, 0) is 13.0 Å². The van der Waals surface area contributed by atoms with E-state index in [-0.39, 0.29) is 12.4 Å². The number of aryl methyl sites for hydroxylation is 1. The van der Waals surface area contributed by atoms with E-state index in [1.165, 1.54) is 0 Å². The molecule has 12 heavy (non-hydrogen) atoms. The lowest BCUT2D eigenvalue weighted by atomic mass is 10.1. The Kier molecular flexibility index (Phi) is 3.23. The van der Waals surface area contributed by atoms with Crippen LogP contribution in [0.3, 0.4) is 0 Å². The molecule has 0 amide bonds. The molecule has 0 aliphatic heterocycles. The van der Waals surface area contributed by atoms with Crippen LogP contribution in [0.5, 0.6) is 0 Å². The van der Waals surface area contributed by atoms with E-state index in [0.29, 0.717) is 24.0 Å². The summed E-state index contributed by atoms with van der Waals surface area (Å²) < 4.78 is 13.4. The topological polar surface area (TPSA) is 26.0 Å². The summed E-state index contributed by atoms with van der Waals surface area (Å²) in [6.45, 7) is 3.94. The average Bonchev–Trinajstić information content (AvgIpc) is 2.09. The Morgan fingerprint density at radius 3 is 2.58 bits per heavy atom. The van der Waals surface area contributed by atoms with Crippen molar-refractivity contribution in [3.63, 3.8) is 0 Å². The summed E-state index contributed by atoms with van der Waals surface area (Å²) in [7, 11) is 0. The van der Waals surface area contributed by atoms with Crippen molar-refractivity contribution in [3.05, 3.63) is 42.1 Å². The third kappa shape index (κ3) is 1.83. The van der Waals surface area contributed by atoms with Gasteiger partial charge in [0.25, 0.3) is 0 Å². The summed E-state index contributed by atoms with van der Waals surface area (Å²) >= 11 is 0. The predicted molar refractivity (Wildman–Crippen MR) is 48.0 cm³/mol. The van der Waals surface area contributed by atoms with Crippen LogP contribution in [0.1, 0.15) is 17.5 Å². The predicted octanol–water partition coefficient (Wildman–Crippen LogP) is 2.05. The largest absolute Gasteiger partial charge is 0.326 e. The van der Waals surface area contributed by atoms with E-state index < -0.39 is 0 Å². The van der Waals surface area contributed by atoms with Crippen LogP contribution in [0.2, 0.25) is 0 Å². The average molecular weight is 166 g/mol. The van der Waals surface area contributed by atoms with E-state index in [1.807, 2.05) is 6.07 Å². The normalized spacial score (nSPS) is 10.2. The van der Waals surface area contributed by atoms with Gasteiger partial charge in [0.1, 0.15) is 5.82 Å². The third-order valence-electron chi connectivity index (χ3n) is 1.82. The Balaban J connectivity index is 2.97. The molecule has 0 aliphatic rings. The minimum Gasteiger partial charge on any atom is -0.326 e. The molecule has 1 rings (SSSR count). The van der Waals surface area contributed by atoms with Gasteiger partial charge < -0.3 is 5.73 Å². The molecule has 0 bridgehead atoms. The SMILES string of the molecule is [CH2]CCc1cccc(CN)c1F. The zero-order valence-electron chi connectivity index (χ0n) is 7.02. The Morgan fingerprint density at radius 1 is 1.33 bits per heavy atom. The van der Waals surface area contributed by atoms with E-state index in [4.69, 9.17) is 5.73 Å². The van der Waals surface area contributed by atoms with E-state index >= 15 is 0 Å². The van der Waals surface area contributed by atoms with Gasteiger partial charge in [0.15, 0.2) is 0 Å². The van der Waals surface area contributed by atoms with E-state index in [9.17, 15) is 4.39 Å². The zero-order chi connectivity index (χ0) is 8.97. The molecule has 1 nitrogen and oxygen atoms in total. The van der Waals surface area contributed by atoms with Gasteiger partial charge in [-0.05, 0) is 18.4 Å². The van der Waals surface area contributed by atoms with Crippen molar-refractivity contribution < 1.29 is 4.39 Å². The minimum atomic E-state index is -0.163. The highest BCUT2D eigenvalue weighted by atomic mass is 19.1. The van der Waals surface area contributed by atoms with Crippen LogP contribution in [0, 0.1) is 12.7 Å². The van der Waals surface area contributed by atoms with Crippen LogP contribution in [-0.4, -0.2) is 0 Å². The monoisotopic (exact) mass is 166 g/mol. The second-order valence-corrected chi connectivity index (χ2v) is 2.70. The molecule has 1 aromatic carbocycles. The van der Waals surface area contributed by atoms with Crippen molar-refractivity contribution in [2.45, 2.75) is 19.4 Å². The molecule has 0 atom stereocenters. The maximum absolute atomic E-state index is 13.4. The molecule has 0 heterocycles. The molecule has 0 saturated carbocycles. The molecule has 0 saturated heterocycles. The van der Waals surface area contributed by atoms with Gasteiger partial charge >= 0.3 is 0 Å². The van der Waals surface area contributed by atoms with E-state index in [0.717, 1.165) is 0 Å². The first-order valence-electron chi connectivity index (χ1n) is 4.05. The van der Waals surface area contributed by atoms with Crippen molar-refractivity contribution in [2.75, 3.05) is 0 Å². The standard InChI is InChI=1S/C10H13FN/c1-2-4-8-5-3-6-9(7-12)10(8)11/h3,5-6H,1-2,4,7,12H2. The van der Waals surface area contributed by atoms with Crippen LogP contribution in [0.15, 0.2) is 18.2 Å². The van der Waals surface area contributed by atoms with Crippen molar-refractivity contribution >= 4 is 0 Å². The van der Waals surface area contributed by atoms with Gasteiger partial charge in [0.05, 0.1) is 0 Å². The van der Waals surface area contributed by atoms with Gasteiger partial charge in [0.2, 0.25) is 0 Å². The van der Waals surface area contributed by atoms with E-state index in [2.05, 4.69) is 6.92 Å². The minimum absolute atomic E-state index is 0.163. The first kappa shape index (κ1) is 9.20. The highest BCUT2D eigenvalue weighted by Gasteiger charge is 2.04. The quantitative estimate of drug-likeness (QED) is 0.730. The van der Waals surface area contributed by atoms with Gasteiger partial charge in [-0.1, -0.05) is 25.1 Å². The molecule has 0 aliphatic carbocycles. The van der Waals surface area contributed by atoms with Gasteiger partial charge in [0, 0.05) is 12.1 Å². The molecule has 2 heteroatoms. The molecule has 65 valence electrons. The van der Waals surface area contributed by atoms with Gasteiger partial charge in [-0.15, -0.1) is 0 Å². The number of rotatable bonds is 3. The summed E-state index contributed by atoms with van der Waals surface area (Å²) in [5.74, 6) is -0.163. The Labute approximate surface area is 72.4 Å². The summed E-state index contributed by atoms with van der Waals surface area (Å²) in [6, 6.07) is 5.32. The lowest BCUT2D eigenvalue weighted by Crippen LogP contribution is -2.02. The fraction of sp³-hybridized carbons (Fsp3) is 0.300. The fourth-order valence-corrected chi connectivity index (χ4v) is 1.17. The molecule has 0 fully saturated rings. The van der Waals surface area contributed by atoms with Crippen molar-refractivity contribution in [3.8, 4) is 0 Å². The molecular weight excluding hydrogens is 153 g/mol. The number of nitrogens with two attached hydrogens (primary N) is 1. The number of halogens is 1. The van der Waals surface area contributed by atoms with Crippen LogP contribution in [0.25, 0.3) is 0 Å². The summed E-state index contributed by atoms with van der Waals surface area (Å²) in [5.41, 5.74) is 6.66. The Bertz CT molecular complexity index is 258. The Hall–Kier alpha value is -0.890. The second-order valence-electron chi connectivity index (χ2n) is 2.70. The number of benzene rings is 1. The van der Waals surface area contributed by atoms with E-state index in [1.54, 1.807) is 12.1 Å². The summed E-state index contributed by atoms with van der Waals surface area (Å²) in [5, 5.41) is 0. The van der Waals surface area contributed by atoms with Gasteiger partial charge in [-0.3, -0.25) is 0 Å². The van der Waals surface area contributed by atoms with Gasteiger partial charge in [-0.2, -0.15) is 0 Å². The van der Waals surface area contributed by atoms with Crippen LogP contribution >= 0.6 is 0 Å². The molecule has 0 spiro atoms. The third-order valence-corrected chi connectivity index (χ3v) is 1.82. The zero-order valence-corrected chi connectivity index (χ0v) is 7.02. The molecule has 0 unspecified atom stereocenters. The molecular formula is C10H13FN. The van der Waals surface area contributed by atoms with Crippen molar-refractivity contribution in [1.29, 1.82) is 0 Å². The summed E-state index contributed by atoms with van der Waals surface area (Å²) in [4.78, 5) is 0. The maximum atomic E-state index is 13.4. The highest BCUT2D eigenvalue weighted by molar-refractivity contribution is 5.25. The lowest BCUT2D eigenvalue weighted by molar-refractivity contribution is 0.593. The molecule has 1 aromatic rings. The lowest BCUT2D eigenvalue weighted by Gasteiger charge is -2.04. The number of hydrogen-bond donors (Lipinski definition) is 1. The van der Waals surface area contributed by atoms with Crippen LogP contribution in [0.4, 0.5) is 4.39 Å². The van der Waals surface area contributed by atoms with Crippen molar-refractivity contribution in [1.82, 2.24) is 0 Å². The fourth-order valence-electron chi connectivity index (χ4n) is 1.17. The number of hydrogen-bond acceptors (Lipinski definition) is 1. The highest BCUT2D eigenvalue weighted by Crippen LogP contribution is 2.13. The first-order valence-corrected chi connectivity index (χ1v) is 4.05. The van der Waals surface area contributed by atoms with Gasteiger partial charge in [-0.25, -0.2) is 4.39 Å². The van der Waals surface area contributed by atoms with Crippen LogP contribution < -0.4 is 5.73 Å². The first-order chi connectivity index (χ1) is 5.79. The smallest absolute Gasteiger partial charge is 0.130 e. The molecule has 2 N–H and O–H groups in total. The molecule has 1 radical (unpaired) electrons. The molecule has 0 aromatic heterocycles. The second kappa shape index (κ2) is 4.21. The van der Waals surface area contributed by atoms with Crippen molar-refractivity contribution in [2.24, 2.45) is 5.73 Å².